The van der Waals surface area contributed by atoms with Crippen LogP contribution in [0.4, 0.5) is 5.69 Å². The van der Waals surface area contributed by atoms with E-state index in [1.54, 1.807) is 6.20 Å². The Hall–Kier alpha value is -1.77. The molecule has 0 radical (unpaired) electrons. The molecule has 0 amide bonds. The van der Waals surface area contributed by atoms with Gasteiger partial charge in [-0.25, -0.2) is 4.99 Å². The highest BCUT2D eigenvalue weighted by Crippen LogP contribution is 2.01. The number of rotatable bonds is 2. The van der Waals surface area contributed by atoms with Crippen LogP contribution in [0.15, 0.2) is 17.1 Å². The van der Waals surface area contributed by atoms with Gasteiger partial charge in [-0.3, -0.25) is 0 Å². The molecule has 2 rings (SSSR count). The van der Waals surface area contributed by atoms with Crippen LogP contribution in [0.2, 0.25) is 0 Å². The zero-order chi connectivity index (χ0) is 10.1. The molecule has 3 heteroatoms. The number of nitrogens with zero attached hydrogens (tertiary/aromatic N) is 1. The zero-order valence-corrected chi connectivity index (χ0v) is 8.17. The third-order valence-corrected chi connectivity index (χ3v) is 2.26. The molecule has 1 aromatic carbocycles. The minimum atomic E-state index is 0.577. The molecule has 0 saturated heterocycles. The number of hydrogen-bond acceptors (Lipinski definition) is 3. The van der Waals surface area contributed by atoms with E-state index in [1.165, 1.54) is 0 Å². The maximum absolute atomic E-state index is 5.71. The van der Waals surface area contributed by atoms with E-state index >= 15 is 0 Å². The molecular weight excluding hydrogens is 174 g/mol. The third-order valence-electron chi connectivity index (χ3n) is 2.26. The van der Waals surface area contributed by atoms with Gasteiger partial charge in [0.2, 0.25) is 0 Å². The van der Waals surface area contributed by atoms with Crippen molar-refractivity contribution in [2.24, 2.45) is 10.7 Å². The van der Waals surface area contributed by atoms with Crippen LogP contribution in [-0.2, 0) is 0 Å². The van der Waals surface area contributed by atoms with E-state index in [0.717, 1.165) is 28.2 Å². The van der Waals surface area contributed by atoms with Crippen molar-refractivity contribution in [3.05, 3.63) is 28.1 Å². The molecule has 1 aliphatic rings. The summed E-state index contributed by atoms with van der Waals surface area (Å²) in [7, 11) is 0. The van der Waals surface area contributed by atoms with Crippen LogP contribution in [0, 0.1) is 0 Å². The fraction of sp³-hybridized carbons (Fsp3) is 0.182. The van der Waals surface area contributed by atoms with E-state index in [0.29, 0.717) is 5.84 Å². The van der Waals surface area contributed by atoms with Crippen molar-refractivity contribution in [1.82, 2.24) is 0 Å². The molecule has 1 aromatic rings. The monoisotopic (exact) mass is 187 g/mol. The van der Waals surface area contributed by atoms with Crippen LogP contribution in [0.25, 0.3) is 12.8 Å². The highest BCUT2D eigenvalue weighted by atomic mass is 14.9. The lowest BCUT2D eigenvalue weighted by atomic mass is 10.1. The van der Waals surface area contributed by atoms with Crippen molar-refractivity contribution >= 4 is 24.3 Å². The Morgan fingerprint density at radius 2 is 2.29 bits per heavy atom. The summed E-state index contributed by atoms with van der Waals surface area (Å²) in [6.45, 7) is 6.91. The molecule has 0 fully saturated rings. The van der Waals surface area contributed by atoms with Crippen LogP contribution in [0.3, 0.4) is 0 Å². The molecule has 0 atom stereocenters. The Morgan fingerprint density at radius 3 is 3.00 bits per heavy atom. The van der Waals surface area contributed by atoms with Gasteiger partial charge in [-0.05, 0) is 24.3 Å². The number of aliphatic imine (C=N–C) groups is 1. The van der Waals surface area contributed by atoms with E-state index in [4.69, 9.17) is 5.73 Å². The molecule has 0 spiro atoms. The fourth-order valence-electron chi connectivity index (χ4n) is 1.55. The maximum Gasteiger partial charge on any atom is 0.131 e. The van der Waals surface area contributed by atoms with Crippen LogP contribution in [0.5, 0.6) is 0 Å². The number of nitrogens with two attached hydrogens (primary N) is 1. The van der Waals surface area contributed by atoms with Gasteiger partial charge >= 0.3 is 0 Å². The summed E-state index contributed by atoms with van der Waals surface area (Å²) in [5.41, 5.74) is 7.74. The minimum Gasteiger partial charge on any atom is -0.385 e. The normalized spacial score (nSPS) is 13.1. The van der Waals surface area contributed by atoms with Gasteiger partial charge in [-0.2, -0.15) is 0 Å². The predicted molar refractivity (Wildman–Crippen MR) is 60.6 cm³/mol. The van der Waals surface area contributed by atoms with E-state index in [9.17, 15) is 0 Å². The lowest BCUT2D eigenvalue weighted by Gasteiger charge is -2.05. The Bertz CT molecular complexity index is 500. The van der Waals surface area contributed by atoms with Crippen molar-refractivity contribution in [2.45, 2.75) is 6.92 Å². The highest BCUT2D eigenvalue weighted by Gasteiger charge is 2.07. The van der Waals surface area contributed by atoms with E-state index in [2.05, 4.69) is 23.8 Å². The second-order valence-electron chi connectivity index (χ2n) is 3.27. The first-order chi connectivity index (χ1) is 6.72. The largest absolute Gasteiger partial charge is 0.385 e. The van der Waals surface area contributed by atoms with Crippen molar-refractivity contribution in [3.63, 3.8) is 0 Å². The van der Waals surface area contributed by atoms with Crippen molar-refractivity contribution in [1.29, 1.82) is 0 Å². The minimum absolute atomic E-state index is 0.577. The smallest absolute Gasteiger partial charge is 0.131 e. The average Bonchev–Trinajstić information content (AvgIpc) is 2.50. The molecule has 3 nitrogen and oxygen atoms in total. The number of hydrogen-bond donors (Lipinski definition) is 2. The number of benzene rings is 1. The SMILES string of the molecule is C=c1cc2c(cc1NCC)=CN=C2N. The third kappa shape index (κ3) is 1.27. The first-order valence-electron chi connectivity index (χ1n) is 4.63. The Morgan fingerprint density at radius 1 is 1.50 bits per heavy atom. The number of anilines is 1. The Labute approximate surface area is 82.7 Å². The second kappa shape index (κ2) is 3.18. The van der Waals surface area contributed by atoms with Gasteiger partial charge in [-0.1, -0.05) is 6.58 Å². The summed E-state index contributed by atoms with van der Waals surface area (Å²) in [5, 5.41) is 5.26. The van der Waals surface area contributed by atoms with Crippen LogP contribution >= 0.6 is 0 Å². The van der Waals surface area contributed by atoms with Crippen molar-refractivity contribution in [2.75, 3.05) is 11.9 Å². The summed E-state index contributed by atoms with van der Waals surface area (Å²) in [5.74, 6) is 0.577. The topological polar surface area (TPSA) is 50.4 Å². The lowest BCUT2D eigenvalue weighted by molar-refractivity contribution is 1.20. The molecule has 14 heavy (non-hydrogen) atoms. The summed E-state index contributed by atoms with van der Waals surface area (Å²) >= 11 is 0. The predicted octanol–water partition coefficient (Wildman–Crippen LogP) is -0.0144. The van der Waals surface area contributed by atoms with Crippen molar-refractivity contribution in [3.8, 4) is 0 Å². The Balaban J connectivity index is 2.58. The van der Waals surface area contributed by atoms with Crippen molar-refractivity contribution < 1.29 is 0 Å². The van der Waals surface area contributed by atoms with Gasteiger partial charge in [0.05, 0.1) is 0 Å². The highest BCUT2D eigenvalue weighted by molar-refractivity contribution is 6.01. The molecule has 0 aliphatic carbocycles. The summed E-state index contributed by atoms with van der Waals surface area (Å²) in [6.07, 6.45) is 1.78. The molecule has 0 unspecified atom stereocenters. The molecule has 72 valence electrons. The van der Waals surface area contributed by atoms with Crippen LogP contribution in [0.1, 0.15) is 12.5 Å². The zero-order valence-electron chi connectivity index (χ0n) is 8.17. The lowest BCUT2D eigenvalue weighted by Crippen LogP contribution is -2.23. The Kier molecular flexibility index (Phi) is 2.00. The van der Waals surface area contributed by atoms with Gasteiger partial charge in [0.15, 0.2) is 0 Å². The molecule has 0 aromatic heterocycles. The second-order valence-corrected chi connectivity index (χ2v) is 3.27. The number of nitrogens with one attached hydrogen (secondary N) is 1. The molecule has 3 N–H and O–H groups in total. The molecule has 1 aliphatic heterocycles. The quantitative estimate of drug-likeness (QED) is 0.684. The summed E-state index contributed by atoms with van der Waals surface area (Å²) < 4.78 is 0. The summed E-state index contributed by atoms with van der Waals surface area (Å²) in [4.78, 5) is 4.06. The van der Waals surface area contributed by atoms with Gasteiger partial charge in [0.25, 0.3) is 0 Å². The van der Waals surface area contributed by atoms with Gasteiger partial charge in [0.1, 0.15) is 5.84 Å². The standard InChI is InChI=1S/C11H13N3/c1-3-13-10-5-8-6-14-11(12)9(8)4-7(10)2/h4-6,13H,2-3H2,1H3,(H2,12,14). The summed E-state index contributed by atoms with van der Waals surface area (Å²) in [6, 6.07) is 4.00. The van der Waals surface area contributed by atoms with E-state index in [1.807, 2.05) is 12.1 Å². The van der Waals surface area contributed by atoms with Crippen LogP contribution < -0.4 is 21.5 Å². The molecule has 0 bridgehead atoms. The molecule has 0 saturated carbocycles. The van der Waals surface area contributed by atoms with Crippen LogP contribution in [-0.4, -0.2) is 12.4 Å². The van der Waals surface area contributed by atoms with Gasteiger partial charge in [0, 0.05) is 29.2 Å². The maximum atomic E-state index is 5.71. The molecule has 1 heterocycles. The molecular formula is C11H13N3. The first-order valence-corrected chi connectivity index (χ1v) is 4.63. The number of fused-ring (bicyclic) bond motifs is 1. The first kappa shape index (κ1) is 8.81. The van der Waals surface area contributed by atoms with E-state index < -0.39 is 0 Å². The average molecular weight is 187 g/mol. The number of amidine groups is 1. The fourth-order valence-corrected chi connectivity index (χ4v) is 1.55. The van der Waals surface area contributed by atoms with E-state index in [-0.39, 0.29) is 0 Å². The van der Waals surface area contributed by atoms with Gasteiger partial charge < -0.3 is 11.1 Å². The van der Waals surface area contributed by atoms with Gasteiger partial charge in [-0.15, -0.1) is 0 Å².